The van der Waals surface area contributed by atoms with Crippen molar-refractivity contribution in [2.45, 2.75) is 111 Å². The van der Waals surface area contributed by atoms with Gasteiger partial charge in [0.15, 0.2) is 0 Å². The Balaban J connectivity index is 0.000000480. The van der Waals surface area contributed by atoms with Crippen LogP contribution in [0, 0.1) is 17.3 Å². The molecule has 0 spiro atoms. The molecule has 2 rings (SSSR count). The number of carboxylic acid groups (broad SMARTS) is 2. The second-order valence-corrected chi connectivity index (χ2v) is 14.9. The van der Waals surface area contributed by atoms with Crippen LogP contribution in [-0.2, 0) is 9.59 Å². The molecule has 0 bridgehead atoms. The number of carbonyl (C=O) groups is 2. The molecule has 0 aromatic heterocycles. The van der Waals surface area contributed by atoms with Gasteiger partial charge < -0.3 is 19.8 Å². The van der Waals surface area contributed by atoms with Gasteiger partial charge in [0.1, 0.15) is 0 Å². The van der Waals surface area contributed by atoms with Gasteiger partial charge in [-0.2, -0.15) is 0 Å². The zero-order valence-electron chi connectivity index (χ0n) is 24.8. The van der Waals surface area contributed by atoms with Gasteiger partial charge in [0.25, 0.3) is 0 Å². The van der Waals surface area contributed by atoms with Crippen LogP contribution in [0.15, 0.2) is 60.7 Å². The molecule has 0 aliphatic carbocycles. The summed E-state index contributed by atoms with van der Waals surface area (Å²) in [7, 11) is 0. The number of rotatable bonds is 19. The molecular weight excluding hydrogens is 591 g/mol. The summed E-state index contributed by atoms with van der Waals surface area (Å²) in [6, 6.07) is 21.6. The van der Waals surface area contributed by atoms with Crippen LogP contribution in [0.1, 0.15) is 111 Å². The van der Waals surface area contributed by atoms with Gasteiger partial charge in [-0.1, -0.05) is 79.1 Å². The summed E-state index contributed by atoms with van der Waals surface area (Å²) in [4.78, 5) is 23.1. The number of unbranched alkanes of at least 4 members (excludes halogenated alkanes) is 2. The molecular formula is C34H50O4Sn. The molecule has 2 unspecified atom stereocenters. The number of carboxylic acids is 2. The SMILES string of the molecule is CCCCC(CC)CC(CCCC(=O)[O-])(CC(CC)CCCC)C(=O)[O-].c1cc[c]([Sn+2][c]2ccccc2)cc1. The third kappa shape index (κ3) is 14.9. The topological polar surface area (TPSA) is 80.3 Å². The Labute approximate surface area is 248 Å². The molecule has 0 N–H and O–H groups in total. The standard InChI is InChI=1S/C22H42O4.2C6H5.Sn/c1-5-9-12-18(7-3)16-22(21(25)26,15-11-14-20(23)24)17-19(8-4)13-10-6-2;2*1-2-4-6-5-3-1;/h18-19H,5-17H2,1-4H3,(H,23,24)(H,25,26);2*1-5H;/q;;;+2/p-2. The summed E-state index contributed by atoms with van der Waals surface area (Å²) in [6.45, 7) is 8.54. The molecule has 39 heavy (non-hydrogen) atoms. The molecule has 4 nitrogen and oxygen atoms in total. The van der Waals surface area contributed by atoms with Crippen molar-refractivity contribution in [3.05, 3.63) is 60.7 Å². The van der Waals surface area contributed by atoms with E-state index < -0.39 is 38.5 Å². The maximum absolute atomic E-state index is 12.3. The number of hydrogen-bond acceptors (Lipinski definition) is 4. The molecule has 0 fully saturated rings. The Kier molecular flexibility index (Phi) is 19.0. The van der Waals surface area contributed by atoms with E-state index in [9.17, 15) is 19.8 Å². The molecule has 0 heterocycles. The predicted molar refractivity (Wildman–Crippen MR) is 160 cm³/mol. The van der Waals surface area contributed by atoms with Crippen molar-refractivity contribution in [2.75, 3.05) is 0 Å². The van der Waals surface area contributed by atoms with Gasteiger partial charge in [-0.15, -0.1) is 0 Å². The monoisotopic (exact) mass is 642 g/mol. The van der Waals surface area contributed by atoms with Gasteiger partial charge in [-0.05, 0) is 43.9 Å². The third-order valence-corrected chi connectivity index (χ3v) is 11.3. The molecule has 0 aliphatic heterocycles. The summed E-state index contributed by atoms with van der Waals surface area (Å²) < 4.78 is 3.08. The normalized spacial score (nSPS) is 13.7. The van der Waals surface area contributed by atoms with Crippen LogP contribution < -0.4 is 17.4 Å². The fraction of sp³-hybridized carbons (Fsp3) is 0.588. The fourth-order valence-corrected chi connectivity index (χ4v) is 8.33. The number of aliphatic carboxylic acids is 2. The minimum atomic E-state index is -1.10. The zero-order chi connectivity index (χ0) is 28.9. The van der Waals surface area contributed by atoms with E-state index in [4.69, 9.17) is 0 Å². The minimum absolute atomic E-state index is 0.0769. The Morgan fingerprint density at radius 2 is 1.15 bits per heavy atom. The molecule has 2 aromatic carbocycles. The summed E-state index contributed by atoms with van der Waals surface area (Å²) in [5.41, 5.74) is -0.904. The van der Waals surface area contributed by atoms with E-state index >= 15 is 0 Å². The molecule has 214 valence electrons. The summed E-state index contributed by atoms with van der Waals surface area (Å²) in [5, 5.41) is 23.1. The summed E-state index contributed by atoms with van der Waals surface area (Å²) in [6.07, 6.45) is 10.3. The van der Waals surface area contributed by atoms with Crippen LogP contribution >= 0.6 is 0 Å². The van der Waals surface area contributed by atoms with Gasteiger partial charge in [-0.25, -0.2) is 0 Å². The van der Waals surface area contributed by atoms with Crippen molar-refractivity contribution >= 4 is 40.2 Å². The van der Waals surface area contributed by atoms with Crippen molar-refractivity contribution in [1.29, 1.82) is 0 Å². The van der Waals surface area contributed by atoms with E-state index in [0.29, 0.717) is 37.5 Å². The van der Waals surface area contributed by atoms with Gasteiger partial charge in [0.2, 0.25) is 0 Å². The molecule has 5 heteroatoms. The molecule has 0 saturated heterocycles. The Morgan fingerprint density at radius 3 is 1.49 bits per heavy atom. The van der Waals surface area contributed by atoms with E-state index in [1.165, 1.54) is 7.16 Å². The van der Waals surface area contributed by atoms with Crippen molar-refractivity contribution in [2.24, 2.45) is 17.3 Å². The average Bonchev–Trinajstić information content (AvgIpc) is 2.94. The summed E-state index contributed by atoms with van der Waals surface area (Å²) in [5.74, 6) is -1.37. The molecule has 2 atom stereocenters. The first-order chi connectivity index (χ1) is 18.8. The average molecular weight is 641 g/mol. The van der Waals surface area contributed by atoms with E-state index in [-0.39, 0.29) is 6.42 Å². The second kappa shape index (κ2) is 21.0. The molecule has 0 amide bonds. The van der Waals surface area contributed by atoms with Gasteiger partial charge >= 0.3 is 89.0 Å². The first-order valence-electron chi connectivity index (χ1n) is 15.1. The van der Waals surface area contributed by atoms with Crippen LogP contribution in [0.2, 0.25) is 0 Å². The first kappa shape index (κ1) is 35.2. The first-order valence-corrected chi connectivity index (χ1v) is 17.9. The van der Waals surface area contributed by atoms with Crippen LogP contribution in [-0.4, -0.2) is 33.1 Å². The van der Waals surface area contributed by atoms with Crippen LogP contribution in [0.4, 0.5) is 0 Å². The van der Waals surface area contributed by atoms with E-state index in [0.717, 1.165) is 51.4 Å². The van der Waals surface area contributed by atoms with E-state index in [1.54, 1.807) is 0 Å². The maximum atomic E-state index is 12.3. The molecule has 0 radical (unpaired) electrons. The zero-order valence-corrected chi connectivity index (χ0v) is 27.6. The Bertz CT molecular complexity index is 844. The van der Waals surface area contributed by atoms with Crippen molar-refractivity contribution in [3.63, 3.8) is 0 Å². The third-order valence-electron chi connectivity index (χ3n) is 7.75. The van der Waals surface area contributed by atoms with Crippen molar-refractivity contribution in [1.82, 2.24) is 0 Å². The van der Waals surface area contributed by atoms with Crippen molar-refractivity contribution < 1.29 is 19.8 Å². The van der Waals surface area contributed by atoms with Crippen LogP contribution in [0.25, 0.3) is 0 Å². The summed E-state index contributed by atoms with van der Waals surface area (Å²) >= 11 is -0.517. The van der Waals surface area contributed by atoms with Gasteiger partial charge in [-0.3, -0.25) is 0 Å². The molecule has 2 aromatic rings. The number of carbonyl (C=O) groups excluding carboxylic acids is 2. The Morgan fingerprint density at radius 1 is 0.718 bits per heavy atom. The Hall–Kier alpha value is -1.82. The predicted octanol–water partition coefficient (Wildman–Crippen LogP) is 5.20. The van der Waals surface area contributed by atoms with Gasteiger partial charge in [0.05, 0.1) is 0 Å². The van der Waals surface area contributed by atoms with E-state index in [1.807, 2.05) is 0 Å². The number of benzene rings is 2. The van der Waals surface area contributed by atoms with Gasteiger partial charge in [0, 0.05) is 17.4 Å². The fourth-order valence-electron chi connectivity index (χ4n) is 5.33. The van der Waals surface area contributed by atoms with Crippen LogP contribution in [0.5, 0.6) is 0 Å². The molecule has 0 aliphatic rings. The van der Waals surface area contributed by atoms with Crippen LogP contribution in [0.3, 0.4) is 0 Å². The second-order valence-electron chi connectivity index (χ2n) is 10.9. The molecule has 0 saturated carbocycles. The quantitative estimate of drug-likeness (QED) is 0.198. The van der Waals surface area contributed by atoms with Crippen molar-refractivity contribution in [3.8, 4) is 0 Å². The number of hydrogen-bond donors (Lipinski definition) is 0. The van der Waals surface area contributed by atoms with E-state index in [2.05, 4.69) is 88.4 Å².